The molecule has 0 N–H and O–H groups in total. The molecule has 0 amide bonds. The summed E-state index contributed by atoms with van der Waals surface area (Å²) in [5.41, 5.74) is 6.82. The second kappa shape index (κ2) is 17.3. The molecular weight excluding hydrogens is 877 g/mol. The fraction of sp³-hybridized carbons (Fsp3) is 0.129. The SMILES string of the molecule is [C-]#[N+]c1ccc(N(c2cc(-c3ccc(C(C)(C)C)cc3)c(F)cc2F)c2ccc3ccc4c(N(c5ccc(C#N)cc5)c5cc(-c6ccc(C(C)(C)C)cc6)c(F)cc5F)ccc5ccc2c3c54)cc1. The van der Waals surface area contributed by atoms with Crippen molar-refractivity contribution in [2.24, 2.45) is 0 Å². The number of nitrogens with zero attached hydrogens (tertiary/aromatic N) is 4. The van der Waals surface area contributed by atoms with Gasteiger partial charge in [0.1, 0.15) is 23.3 Å². The van der Waals surface area contributed by atoms with Crippen molar-refractivity contribution in [2.75, 3.05) is 9.80 Å². The smallest absolute Gasteiger partial charge is 0.187 e. The van der Waals surface area contributed by atoms with Crippen molar-refractivity contribution in [1.29, 1.82) is 5.26 Å². The van der Waals surface area contributed by atoms with Crippen molar-refractivity contribution < 1.29 is 17.6 Å². The Balaban J connectivity index is 1.20. The number of hydrogen-bond acceptors (Lipinski definition) is 3. The first kappa shape index (κ1) is 45.3. The third-order valence-corrected chi connectivity index (χ3v) is 13.3. The van der Waals surface area contributed by atoms with E-state index in [1.807, 2.05) is 97.1 Å². The van der Waals surface area contributed by atoms with Crippen molar-refractivity contribution in [3.63, 3.8) is 0 Å². The zero-order chi connectivity index (χ0) is 49.2. The molecule has 8 heteroatoms. The standard InChI is InChI=1S/C62H46F4N4/c1-61(2,3)42-18-10-38(11-19-42)49-32-57(53(65)34-51(49)63)69(45-24-8-37(36-67)9-25-45)55-30-16-40-15-29-48-56(31-17-41-14-28-47(55)59(40)60(41)48)70(46-26-22-44(68-7)23-27-46)58-33-50(52(64)35-54(58)66)39-12-20-43(21-13-39)62(4,5)6/h8-35H,1-6H3. The third-order valence-electron chi connectivity index (χ3n) is 13.3. The van der Waals surface area contributed by atoms with Crippen LogP contribution in [-0.4, -0.2) is 0 Å². The maximum atomic E-state index is 16.7. The van der Waals surface area contributed by atoms with Crippen LogP contribution in [0.25, 0.3) is 59.4 Å². The molecule has 342 valence electrons. The molecule has 0 saturated heterocycles. The first-order chi connectivity index (χ1) is 33.5. The van der Waals surface area contributed by atoms with E-state index >= 15 is 17.6 Å². The van der Waals surface area contributed by atoms with Gasteiger partial charge in [0.15, 0.2) is 5.69 Å². The lowest BCUT2D eigenvalue weighted by Crippen LogP contribution is -2.14. The van der Waals surface area contributed by atoms with Crippen LogP contribution in [0.5, 0.6) is 0 Å². The van der Waals surface area contributed by atoms with Crippen LogP contribution in [-0.2, 0) is 10.8 Å². The average molecular weight is 923 g/mol. The highest BCUT2D eigenvalue weighted by Gasteiger charge is 2.27. The predicted octanol–water partition coefficient (Wildman–Crippen LogP) is 18.4. The Morgan fingerprint density at radius 1 is 0.443 bits per heavy atom. The normalized spacial score (nSPS) is 11.8. The van der Waals surface area contributed by atoms with Crippen molar-refractivity contribution >= 4 is 72.1 Å². The van der Waals surface area contributed by atoms with Crippen LogP contribution in [0.1, 0.15) is 58.2 Å². The summed E-state index contributed by atoms with van der Waals surface area (Å²) >= 11 is 0. The van der Waals surface area contributed by atoms with E-state index in [2.05, 4.69) is 52.5 Å². The van der Waals surface area contributed by atoms with Gasteiger partial charge in [-0.3, -0.25) is 0 Å². The van der Waals surface area contributed by atoms with E-state index in [1.54, 1.807) is 58.3 Å². The van der Waals surface area contributed by atoms with Crippen molar-refractivity contribution in [3.8, 4) is 28.3 Å². The van der Waals surface area contributed by atoms with Gasteiger partial charge >= 0.3 is 0 Å². The first-order valence-corrected chi connectivity index (χ1v) is 23.0. The minimum absolute atomic E-state index is 0.0985. The molecular formula is C62H46F4N4. The number of anilines is 6. The lowest BCUT2D eigenvalue weighted by Gasteiger charge is -2.30. The van der Waals surface area contributed by atoms with Crippen molar-refractivity contribution in [3.05, 3.63) is 221 Å². The zero-order valence-corrected chi connectivity index (χ0v) is 39.5. The van der Waals surface area contributed by atoms with Gasteiger partial charge in [0.25, 0.3) is 0 Å². The quantitative estimate of drug-likeness (QED) is 0.0865. The fourth-order valence-corrected chi connectivity index (χ4v) is 9.50. The van der Waals surface area contributed by atoms with Gasteiger partial charge < -0.3 is 9.80 Å². The summed E-state index contributed by atoms with van der Waals surface area (Å²) in [6.45, 7) is 20.3. The van der Waals surface area contributed by atoms with E-state index in [1.165, 1.54) is 12.1 Å². The number of rotatable bonds is 8. The second-order valence-electron chi connectivity index (χ2n) is 19.8. The molecule has 0 spiro atoms. The molecule has 0 unspecified atom stereocenters. The minimum Gasteiger partial charge on any atom is -0.307 e. The van der Waals surface area contributed by atoms with E-state index in [-0.39, 0.29) is 33.3 Å². The Labute approximate surface area is 405 Å². The summed E-state index contributed by atoms with van der Waals surface area (Å²) in [6.07, 6.45) is 0. The summed E-state index contributed by atoms with van der Waals surface area (Å²) in [7, 11) is 0. The lowest BCUT2D eigenvalue weighted by atomic mass is 9.86. The van der Waals surface area contributed by atoms with Gasteiger partial charge in [0.2, 0.25) is 0 Å². The van der Waals surface area contributed by atoms with Gasteiger partial charge in [0, 0.05) is 45.4 Å². The van der Waals surface area contributed by atoms with Crippen LogP contribution in [0.2, 0.25) is 0 Å². The first-order valence-electron chi connectivity index (χ1n) is 23.0. The largest absolute Gasteiger partial charge is 0.307 e. The van der Waals surface area contributed by atoms with Gasteiger partial charge in [-0.2, -0.15) is 5.26 Å². The van der Waals surface area contributed by atoms with Gasteiger partial charge in [-0.15, -0.1) is 0 Å². The molecule has 0 radical (unpaired) electrons. The summed E-state index contributed by atoms with van der Waals surface area (Å²) in [4.78, 5) is 7.11. The van der Waals surface area contributed by atoms with E-state index in [0.717, 1.165) is 55.6 Å². The second-order valence-corrected chi connectivity index (χ2v) is 19.8. The minimum atomic E-state index is -0.782. The highest BCUT2D eigenvalue weighted by atomic mass is 19.1. The Kier molecular flexibility index (Phi) is 11.2. The van der Waals surface area contributed by atoms with Gasteiger partial charge in [-0.1, -0.05) is 139 Å². The van der Waals surface area contributed by atoms with Crippen molar-refractivity contribution in [2.45, 2.75) is 52.4 Å². The average Bonchev–Trinajstić information content (AvgIpc) is 3.35. The summed E-state index contributed by atoms with van der Waals surface area (Å²) in [5.74, 6) is -2.97. The molecule has 0 fully saturated rings. The third kappa shape index (κ3) is 8.02. The molecule has 10 aromatic carbocycles. The number of halogens is 4. The van der Waals surface area contributed by atoms with Crippen LogP contribution in [0.4, 0.5) is 57.4 Å². The fourth-order valence-electron chi connectivity index (χ4n) is 9.50. The van der Waals surface area contributed by atoms with Crippen molar-refractivity contribution in [1.82, 2.24) is 0 Å². The lowest BCUT2D eigenvalue weighted by molar-refractivity contribution is 0.585. The Morgan fingerprint density at radius 3 is 1.20 bits per heavy atom. The van der Waals surface area contributed by atoms with E-state index in [0.29, 0.717) is 45.1 Å². The molecule has 0 aliphatic heterocycles. The molecule has 0 heterocycles. The molecule has 0 aromatic heterocycles. The van der Waals surface area contributed by atoms with Crippen LogP contribution in [0.3, 0.4) is 0 Å². The van der Waals surface area contributed by atoms with E-state index < -0.39 is 23.3 Å². The highest BCUT2D eigenvalue weighted by Crippen LogP contribution is 2.49. The molecule has 0 saturated carbocycles. The summed E-state index contributed by atoms with van der Waals surface area (Å²) in [5, 5.41) is 14.7. The Morgan fingerprint density at radius 2 is 0.829 bits per heavy atom. The molecule has 0 aliphatic carbocycles. The molecule has 0 bridgehead atoms. The monoisotopic (exact) mass is 922 g/mol. The Hall–Kier alpha value is -8.46. The summed E-state index contributed by atoms with van der Waals surface area (Å²) in [6, 6.07) is 51.7. The van der Waals surface area contributed by atoms with Gasteiger partial charge in [0.05, 0.1) is 41.0 Å². The van der Waals surface area contributed by atoms with Gasteiger partial charge in [-0.25, -0.2) is 22.4 Å². The summed E-state index contributed by atoms with van der Waals surface area (Å²) < 4.78 is 65.3. The molecule has 10 aromatic rings. The number of nitriles is 1. The number of benzene rings is 10. The van der Waals surface area contributed by atoms with E-state index in [9.17, 15) is 5.26 Å². The van der Waals surface area contributed by atoms with Crippen LogP contribution in [0, 0.1) is 41.2 Å². The zero-order valence-electron chi connectivity index (χ0n) is 39.5. The topological polar surface area (TPSA) is 34.6 Å². The maximum Gasteiger partial charge on any atom is 0.187 e. The van der Waals surface area contributed by atoms with Crippen LogP contribution in [0.15, 0.2) is 170 Å². The van der Waals surface area contributed by atoms with Crippen LogP contribution < -0.4 is 9.80 Å². The van der Waals surface area contributed by atoms with E-state index in [4.69, 9.17) is 6.57 Å². The molecule has 0 aliphatic rings. The molecule has 4 nitrogen and oxygen atoms in total. The highest BCUT2D eigenvalue weighted by molar-refractivity contribution is 6.28. The Bertz CT molecular complexity index is 3470. The van der Waals surface area contributed by atoms with Gasteiger partial charge in [-0.05, 0) is 115 Å². The number of hydrogen-bond donors (Lipinski definition) is 0. The van der Waals surface area contributed by atoms with Crippen LogP contribution >= 0.6 is 0 Å². The maximum absolute atomic E-state index is 16.7. The molecule has 10 rings (SSSR count). The predicted molar refractivity (Wildman–Crippen MR) is 279 cm³/mol. The molecule has 70 heavy (non-hydrogen) atoms. The molecule has 0 atom stereocenters.